The van der Waals surface area contributed by atoms with Crippen molar-refractivity contribution in [3.63, 3.8) is 0 Å². The molecule has 1 unspecified atom stereocenters. The molecule has 1 saturated carbocycles. The summed E-state index contributed by atoms with van der Waals surface area (Å²) in [6, 6.07) is 8.42. The van der Waals surface area contributed by atoms with E-state index >= 15 is 0 Å². The van der Waals surface area contributed by atoms with Gasteiger partial charge >= 0.3 is 0 Å². The van der Waals surface area contributed by atoms with Crippen molar-refractivity contribution in [2.75, 3.05) is 6.61 Å². The number of aryl methyl sites for hydroxylation is 1. The molecular formula is C23H33IN6O2. The Morgan fingerprint density at radius 2 is 2.09 bits per heavy atom. The third-order valence-corrected chi connectivity index (χ3v) is 5.86. The van der Waals surface area contributed by atoms with Crippen LogP contribution in [0.15, 0.2) is 33.7 Å². The molecule has 0 radical (unpaired) electrons. The number of aromatic nitrogens is 3. The Bertz CT molecular complexity index is 1050. The molecule has 1 aliphatic carbocycles. The Labute approximate surface area is 206 Å². The predicted molar refractivity (Wildman–Crippen MR) is 137 cm³/mol. The lowest BCUT2D eigenvalue weighted by Gasteiger charge is -2.20. The van der Waals surface area contributed by atoms with E-state index in [4.69, 9.17) is 14.1 Å². The lowest BCUT2D eigenvalue weighted by Crippen LogP contribution is -2.43. The highest BCUT2D eigenvalue weighted by Gasteiger charge is 2.20. The highest BCUT2D eigenvalue weighted by Crippen LogP contribution is 2.31. The summed E-state index contributed by atoms with van der Waals surface area (Å²) in [4.78, 5) is 4.80. The van der Waals surface area contributed by atoms with Crippen LogP contribution in [0.1, 0.15) is 63.0 Å². The normalized spacial score (nSPS) is 15.6. The zero-order valence-corrected chi connectivity index (χ0v) is 21.6. The van der Waals surface area contributed by atoms with Gasteiger partial charge in [-0.1, -0.05) is 25.0 Å². The summed E-state index contributed by atoms with van der Waals surface area (Å²) < 4.78 is 13.9. The first kappa shape index (κ1) is 24.3. The molecule has 9 heteroatoms. The first-order valence-electron chi connectivity index (χ1n) is 11.1. The Morgan fingerprint density at radius 1 is 1.31 bits per heavy atom. The molecule has 1 aromatic carbocycles. The van der Waals surface area contributed by atoms with Crippen LogP contribution in [0.4, 0.5) is 0 Å². The van der Waals surface area contributed by atoms with Crippen molar-refractivity contribution < 1.29 is 9.15 Å². The quantitative estimate of drug-likeness (QED) is 0.253. The summed E-state index contributed by atoms with van der Waals surface area (Å²) in [5, 5.41) is 16.5. The number of furan rings is 1. The van der Waals surface area contributed by atoms with Gasteiger partial charge in [0.2, 0.25) is 0 Å². The van der Waals surface area contributed by atoms with Gasteiger partial charge in [-0.3, -0.25) is 0 Å². The fraction of sp³-hybridized carbons (Fsp3) is 0.522. The van der Waals surface area contributed by atoms with Crippen LogP contribution in [0.25, 0.3) is 11.0 Å². The zero-order valence-electron chi connectivity index (χ0n) is 19.2. The van der Waals surface area contributed by atoms with Crippen LogP contribution in [-0.4, -0.2) is 33.4 Å². The minimum absolute atomic E-state index is 0. The van der Waals surface area contributed by atoms with Crippen molar-refractivity contribution in [2.45, 2.75) is 65.1 Å². The molecule has 0 saturated heterocycles. The molecule has 1 fully saturated rings. The number of hydrogen-bond donors (Lipinski definition) is 2. The molecule has 2 aromatic heterocycles. The SMILES string of the molecule is CCOc1cccc2cc(C(C)NC(=NCc3nnc(C)n3C)NC3CCCC3)oc12.I. The lowest BCUT2D eigenvalue weighted by molar-refractivity contribution is 0.336. The second-order valence-corrected chi connectivity index (χ2v) is 8.14. The van der Waals surface area contributed by atoms with Crippen molar-refractivity contribution in [3.05, 3.63) is 41.7 Å². The highest BCUT2D eigenvalue weighted by molar-refractivity contribution is 14.0. The number of nitrogens with one attached hydrogen (secondary N) is 2. The summed E-state index contributed by atoms with van der Waals surface area (Å²) in [5.41, 5.74) is 0.782. The first-order chi connectivity index (χ1) is 15.0. The lowest BCUT2D eigenvalue weighted by atomic mass is 10.2. The van der Waals surface area contributed by atoms with E-state index in [1.165, 1.54) is 25.7 Å². The summed E-state index contributed by atoms with van der Waals surface area (Å²) in [5.74, 6) is 4.10. The van der Waals surface area contributed by atoms with E-state index in [1.807, 2.05) is 43.7 Å². The topological polar surface area (TPSA) is 89.5 Å². The second kappa shape index (κ2) is 11.0. The highest BCUT2D eigenvalue weighted by atomic mass is 127. The number of guanidine groups is 1. The average molecular weight is 552 g/mol. The van der Waals surface area contributed by atoms with Gasteiger partial charge in [0.25, 0.3) is 0 Å². The molecule has 1 atom stereocenters. The van der Waals surface area contributed by atoms with Crippen molar-refractivity contribution in [1.82, 2.24) is 25.4 Å². The van der Waals surface area contributed by atoms with E-state index in [2.05, 4.69) is 33.8 Å². The van der Waals surface area contributed by atoms with Gasteiger partial charge in [0.15, 0.2) is 23.1 Å². The molecule has 1 aliphatic rings. The third-order valence-electron chi connectivity index (χ3n) is 5.86. The van der Waals surface area contributed by atoms with Gasteiger partial charge in [-0.25, -0.2) is 4.99 Å². The third kappa shape index (κ3) is 5.54. The minimum Gasteiger partial charge on any atom is -0.490 e. The van der Waals surface area contributed by atoms with E-state index in [1.54, 1.807) is 0 Å². The van der Waals surface area contributed by atoms with Gasteiger partial charge in [0.05, 0.1) is 12.6 Å². The summed E-state index contributed by atoms with van der Waals surface area (Å²) in [7, 11) is 1.96. The van der Waals surface area contributed by atoms with Gasteiger partial charge in [0, 0.05) is 18.5 Å². The summed E-state index contributed by atoms with van der Waals surface area (Å²) in [6.45, 7) is 7.06. The maximum atomic E-state index is 6.17. The van der Waals surface area contributed by atoms with Crippen LogP contribution in [-0.2, 0) is 13.6 Å². The van der Waals surface area contributed by atoms with E-state index in [-0.39, 0.29) is 30.0 Å². The standard InChI is InChI=1S/C23H32N6O2.HI/c1-5-30-19-12-8-9-17-13-20(31-22(17)19)15(2)25-23(26-18-10-6-7-11-18)24-14-21-28-27-16(3)29(21)4;/h8-9,12-13,15,18H,5-7,10-11,14H2,1-4H3,(H2,24,25,26);1H. The summed E-state index contributed by atoms with van der Waals surface area (Å²) in [6.07, 6.45) is 4.85. The average Bonchev–Trinajstić information content (AvgIpc) is 3.49. The molecule has 8 nitrogen and oxygen atoms in total. The monoisotopic (exact) mass is 552 g/mol. The number of nitrogens with zero attached hydrogens (tertiary/aromatic N) is 4. The van der Waals surface area contributed by atoms with Crippen LogP contribution in [0.5, 0.6) is 5.75 Å². The second-order valence-electron chi connectivity index (χ2n) is 8.14. The molecule has 0 bridgehead atoms. The Kier molecular flexibility index (Phi) is 8.38. The van der Waals surface area contributed by atoms with Crippen molar-refractivity contribution in [1.29, 1.82) is 0 Å². The molecule has 4 rings (SSSR count). The molecule has 0 amide bonds. The van der Waals surface area contributed by atoms with Gasteiger partial charge in [0.1, 0.15) is 18.1 Å². The first-order valence-corrected chi connectivity index (χ1v) is 11.1. The number of rotatable bonds is 7. The van der Waals surface area contributed by atoms with E-state index in [0.29, 0.717) is 19.2 Å². The Balaban J connectivity index is 0.00000289. The molecule has 2 heterocycles. The van der Waals surface area contributed by atoms with Crippen LogP contribution in [0, 0.1) is 6.92 Å². The van der Waals surface area contributed by atoms with Gasteiger partial charge in [-0.05, 0) is 45.7 Å². The predicted octanol–water partition coefficient (Wildman–Crippen LogP) is 4.63. The number of aliphatic imine (C=N–C) groups is 1. The van der Waals surface area contributed by atoms with Crippen LogP contribution in [0.2, 0.25) is 0 Å². The minimum atomic E-state index is -0.0595. The van der Waals surface area contributed by atoms with Gasteiger partial charge in [-0.2, -0.15) is 0 Å². The van der Waals surface area contributed by atoms with Gasteiger partial charge in [-0.15, -0.1) is 34.2 Å². The van der Waals surface area contributed by atoms with E-state index in [0.717, 1.165) is 40.1 Å². The van der Waals surface area contributed by atoms with Crippen molar-refractivity contribution in [2.24, 2.45) is 12.0 Å². The number of halogens is 1. The van der Waals surface area contributed by atoms with E-state index in [9.17, 15) is 0 Å². The molecule has 174 valence electrons. The molecule has 3 aromatic rings. The number of para-hydroxylation sites is 1. The molecule has 0 aliphatic heterocycles. The molecule has 32 heavy (non-hydrogen) atoms. The van der Waals surface area contributed by atoms with E-state index < -0.39 is 0 Å². The van der Waals surface area contributed by atoms with Crippen molar-refractivity contribution >= 4 is 40.9 Å². The fourth-order valence-electron chi connectivity index (χ4n) is 3.95. The smallest absolute Gasteiger partial charge is 0.192 e. The number of fused-ring (bicyclic) bond motifs is 1. The largest absolute Gasteiger partial charge is 0.490 e. The molecular weight excluding hydrogens is 519 g/mol. The van der Waals surface area contributed by atoms with Crippen LogP contribution >= 0.6 is 24.0 Å². The number of hydrogen-bond acceptors (Lipinski definition) is 5. The zero-order chi connectivity index (χ0) is 21.8. The maximum absolute atomic E-state index is 6.17. The Morgan fingerprint density at radius 3 is 2.78 bits per heavy atom. The van der Waals surface area contributed by atoms with Gasteiger partial charge < -0.3 is 24.4 Å². The number of benzene rings is 1. The molecule has 2 N–H and O–H groups in total. The van der Waals surface area contributed by atoms with Crippen LogP contribution < -0.4 is 15.4 Å². The number of ether oxygens (including phenoxy) is 1. The fourth-order valence-corrected chi connectivity index (χ4v) is 3.95. The summed E-state index contributed by atoms with van der Waals surface area (Å²) >= 11 is 0. The Hall–Kier alpha value is -2.30. The van der Waals surface area contributed by atoms with Crippen LogP contribution in [0.3, 0.4) is 0 Å². The molecule has 0 spiro atoms. The maximum Gasteiger partial charge on any atom is 0.192 e. The van der Waals surface area contributed by atoms with Crippen molar-refractivity contribution in [3.8, 4) is 5.75 Å².